The van der Waals surface area contributed by atoms with E-state index >= 15 is 0 Å². The summed E-state index contributed by atoms with van der Waals surface area (Å²) in [6, 6.07) is 8.18. The fraction of sp³-hybridized carbons (Fsp3) is 0. The van der Waals surface area contributed by atoms with E-state index in [1.54, 1.807) is 42.9 Å². The molecule has 2 aromatic heterocycles. The molecule has 0 bridgehead atoms. The van der Waals surface area contributed by atoms with Gasteiger partial charge >= 0.3 is 0 Å². The van der Waals surface area contributed by atoms with Crippen LogP contribution in [0.25, 0.3) is 11.2 Å². The van der Waals surface area contributed by atoms with Crippen molar-refractivity contribution in [2.75, 3.05) is 0 Å². The van der Waals surface area contributed by atoms with Gasteiger partial charge in [0.1, 0.15) is 11.3 Å². The monoisotopic (exact) mass is 249 g/mol. The molecule has 0 radical (unpaired) electrons. The molecule has 0 spiro atoms. The Morgan fingerprint density at radius 2 is 1.79 bits per heavy atom. The highest BCUT2D eigenvalue weighted by Gasteiger charge is 1.98. The van der Waals surface area contributed by atoms with E-state index in [4.69, 9.17) is 0 Å². The van der Waals surface area contributed by atoms with E-state index in [-0.39, 0.29) is 5.82 Å². The molecule has 2 heterocycles. The number of aromatic nitrogens is 3. The van der Waals surface area contributed by atoms with Crippen molar-refractivity contribution in [3.63, 3.8) is 0 Å². The Labute approximate surface area is 109 Å². The van der Waals surface area contributed by atoms with Crippen LogP contribution in [0.3, 0.4) is 0 Å². The van der Waals surface area contributed by atoms with Crippen LogP contribution in [0.1, 0.15) is 11.1 Å². The second-order valence-electron chi connectivity index (χ2n) is 3.85. The Balaban J connectivity index is 2.01. The van der Waals surface area contributed by atoms with Gasteiger partial charge in [-0.15, -0.1) is 0 Å². The van der Waals surface area contributed by atoms with Crippen LogP contribution >= 0.6 is 0 Å². The normalized spacial score (nSPS) is 9.95. The molecule has 19 heavy (non-hydrogen) atoms. The lowest BCUT2D eigenvalue weighted by molar-refractivity contribution is 0.624. The number of benzene rings is 1. The predicted molar refractivity (Wildman–Crippen MR) is 69.7 cm³/mol. The molecule has 0 aliphatic rings. The van der Waals surface area contributed by atoms with Crippen LogP contribution in [0.2, 0.25) is 0 Å². The first-order valence-corrected chi connectivity index (χ1v) is 5.66. The van der Waals surface area contributed by atoms with E-state index in [0.717, 1.165) is 0 Å². The van der Waals surface area contributed by atoms with Gasteiger partial charge in [0.25, 0.3) is 0 Å². The molecule has 90 valence electrons. The summed E-state index contributed by atoms with van der Waals surface area (Å²) in [6.45, 7) is 0. The van der Waals surface area contributed by atoms with E-state index in [0.29, 0.717) is 22.3 Å². The standard InChI is InChI=1S/C15H8FN3/c16-13-4-2-1-3-12(13)6-5-11-9-14-15(19-10-11)18-8-7-17-14/h1-4,7-10H. The molecule has 3 aromatic rings. The van der Waals surface area contributed by atoms with Gasteiger partial charge in [0.2, 0.25) is 0 Å². The summed E-state index contributed by atoms with van der Waals surface area (Å²) in [4.78, 5) is 12.4. The lowest BCUT2D eigenvalue weighted by Gasteiger charge is -1.95. The van der Waals surface area contributed by atoms with Crippen molar-refractivity contribution in [3.05, 3.63) is 65.9 Å². The van der Waals surface area contributed by atoms with Gasteiger partial charge in [0, 0.05) is 24.2 Å². The summed E-state index contributed by atoms with van der Waals surface area (Å²) < 4.78 is 13.4. The van der Waals surface area contributed by atoms with E-state index < -0.39 is 0 Å². The van der Waals surface area contributed by atoms with Gasteiger partial charge in [-0.05, 0) is 18.2 Å². The smallest absolute Gasteiger partial charge is 0.178 e. The van der Waals surface area contributed by atoms with Crippen molar-refractivity contribution in [3.8, 4) is 11.8 Å². The zero-order valence-corrected chi connectivity index (χ0v) is 9.84. The fourth-order valence-electron chi connectivity index (χ4n) is 1.63. The Bertz CT molecular complexity index is 803. The van der Waals surface area contributed by atoms with Gasteiger partial charge < -0.3 is 0 Å². The third-order valence-corrected chi connectivity index (χ3v) is 2.54. The first kappa shape index (κ1) is 11.3. The Morgan fingerprint density at radius 1 is 0.947 bits per heavy atom. The minimum absolute atomic E-state index is 0.330. The maximum atomic E-state index is 13.4. The Hall–Kier alpha value is -2.80. The highest BCUT2D eigenvalue weighted by molar-refractivity contribution is 5.70. The van der Waals surface area contributed by atoms with Gasteiger partial charge in [-0.2, -0.15) is 0 Å². The van der Waals surface area contributed by atoms with Crippen LogP contribution in [0.5, 0.6) is 0 Å². The number of rotatable bonds is 0. The molecule has 0 aliphatic heterocycles. The van der Waals surface area contributed by atoms with Crippen LogP contribution in [0, 0.1) is 17.7 Å². The van der Waals surface area contributed by atoms with Crippen molar-refractivity contribution in [2.45, 2.75) is 0 Å². The summed E-state index contributed by atoms with van der Waals surface area (Å²) in [5.41, 5.74) is 2.28. The highest BCUT2D eigenvalue weighted by atomic mass is 19.1. The van der Waals surface area contributed by atoms with Crippen molar-refractivity contribution in [1.29, 1.82) is 0 Å². The number of fused-ring (bicyclic) bond motifs is 1. The van der Waals surface area contributed by atoms with Gasteiger partial charge in [0.15, 0.2) is 5.65 Å². The van der Waals surface area contributed by atoms with Gasteiger partial charge in [-0.1, -0.05) is 24.0 Å². The number of pyridine rings is 1. The second kappa shape index (κ2) is 4.83. The third-order valence-electron chi connectivity index (χ3n) is 2.54. The van der Waals surface area contributed by atoms with E-state index in [2.05, 4.69) is 26.8 Å². The summed E-state index contributed by atoms with van der Waals surface area (Å²) in [5.74, 6) is 5.32. The van der Waals surface area contributed by atoms with Crippen LogP contribution in [0.4, 0.5) is 4.39 Å². The van der Waals surface area contributed by atoms with E-state index in [1.165, 1.54) is 6.07 Å². The quantitative estimate of drug-likeness (QED) is 0.575. The number of hydrogen-bond donors (Lipinski definition) is 0. The molecular formula is C15H8FN3. The van der Waals surface area contributed by atoms with Gasteiger partial charge in [-0.25, -0.2) is 14.4 Å². The fourth-order valence-corrected chi connectivity index (χ4v) is 1.63. The van der Waals surface area contributed by atoms with E-state index in [9.17, 15) is 4.39 Å². The van der Waals surface area contributed by atoms with Crippen LogP contribution in [0.15, 0.2) is 48.9 Å². The molecule has 3 rings (SSSR count). The lowest BCUT2D eigenvalue weighted by atomic mass is 10.2. The molecule has 1 aromatic carbocycles. The minimum atomic E-state index is -0.330. The summed E-state index contributed by atoms with van der Waals surface area (Å²) in [7, 11) is 0. The molecule has 0 saturated carbocycles. The average Bonchev–Trinajstić information content (AvgIpc) is 2.46. The molecule has 4 heteroatoms. The molecule has 0 unspecified atom stereocenters. The summed E-state index contributed by atoms with van der Waals surface area (Å²) in [6.07, 6.45) is 4.78. The SMILES string of the molecule is Fc1ccccc1C#Cc1cnc2nccnc2c1. The molecule has 0 atom stereocenters. The maximum absolute atomic E-state index is 13.4. The predicted octanol–water partition coefficient (Wildman–Crippen LogP) is 2.56. The average molecular weight is 249 g/mol. The van der Waals surface area contributed by atoms with Crippen molar-refractivity contribution in [2.24, 2.45) is 0 Å². The zero-order chi connectivity index (χ0) is 13.1. The molecule has 0 saturated heterocycles. The molecule has 0 N–H and O–H groups in total. The number of nitrogens with zero attached hydrogens (tertiary/aromatic N) is 3. The second-order valence-corrected chi connectivity index (χ2v) is 3.85. The summed E-state index contributed by atoms with van der Waals surface area (Å²) >= 11 is 0. The van der Waals surface area contributed by atoms with Crippen LogP contribution < -0.4 is 0 Å². The Kier molecular flexibility index (Phi) is 2.87. The highest BCUT2D eigenvalue weighted by Crippen LogP contribution is 2.08. The van der Waals surface area contributed by atoms with Crippen LogP contribution in [-0.2, 0) is 0 Å². The third kappa shape index (κ3) is 2.40. The first-order valence-electron chi connectivity index (χ1n) is 5.66. The molecule has 0 aliphatic carbocycles. The first-order chi connectivity index (χ1) is 9.33. The Morgan fingerprint density at radius 3 is 2.68 bits per heavy atom. The largest absolute Gasteiger partial charge is 0.251 e. The van der Waals surface area contributed by atoms with Crippen molar-refractivity contribution >= 4 is 11.2 Å². The molecular weight excluding hydrogens is 241 g/mol. The van der Waals surface area contributed by atoms with Gasteiger partial charge in [0.05, 0.1) is 5.56 Å². The van der Waals surface area contributed by atoms with E-state index in [1.807, 2.05) is 0 Å². The molecule has 0 fully saturated rings. The number of halogens is 1. The van der Waals surface area contributed by atoms with Crippen molar-refractivity contribution < 1.29 is 4.39 Å². The lowest BCUT2D eigenvalue weighted by Crippen LogP contribution is -1.88. The van der Waals surface area contributed by atoms with Gasteiger partial charge in [-0.3, -0.25) is 4.98 Å². The molecule has 3 nitrogen and oxygen atoms in total. The van der Waals surface area contributed by atoms with Crippen LogP contribution in [-0.4, -0.2) is 15.0 Å². The van der Waals surface area contributed by atoms with Crippen molar-refractivity contribution in [1.82, 2.24) is 15.0 Å². The zero-order valence-electron chi connectivity index (χ0n) is 9.84. The number of hydrogen-bond acceptors (Lipinski definition) is 3. The molecule has 0 amide bonds. The maximum Gasteiger partial charge on any atom is 0.178 e. The minimum Gasteiger partial charge on any atom is -0.251 e. The topological polar surface area (TPSA) is 38.7 Å². The summed E-state index contributed by atoms with van der Waals surface area (Å²) in [5, 5.41) is 0.